The summed E-state index contributed by atoms with van der Waals surface area (Å²) in [6.45, 7) is 1.03. The lowest BCUT2D eigenvalue weighted by Crippen LogP contribution is -2.14. The molecule has 5 heteroatoms. The van der Waals surface area contributed by atoms with Gasteiger partial charge >= 0.3 is 0 Å². The van der Waals surface area contributed by atoms with Gasteiger partial charge in [-0.05, 0) is 0 Å². The molecule has 11 heavy (non-hydrogen) atoms. The van der Waals surface area contributed by atoms with Crippen molar-refractivity contribution in [3.63, 3.8) is 0 Å². The van der Waals surface area contributed by atoms with Crippen molar-refractivity contribution < 1.29 is 9.47 Å². The van der Waals surface area contributed by atoms with Gasteiger partial charge in [-0.15, -0.1) is 4.79 Å². The monoisotopic (exact) mass is 157 g/mol. The van der Waals surface area contributed by atoms with E-state index in [9.17, 15) is 0 Å². The fourth-order valence-electron chi connectivity index (χ4n) is 0.646. The summed E-state index contributed by atoms with van der Waals surface area (Å²) in [5, 5.41) is 3.72. The molecule has 1 aromatic rings. The molecule has 5 nitrogen and oxygen atoms in total. The van der Waals surface area contributed by atoms with E-state index in [1.165, 1.54) is 4.79 Å². The Labute approximate surface area is 64.7 Å². The van der Waals surface area contributed by atoms with Crippen molar-refractivity contribution in [3.05, 3.63) is 12.3 Å². The summed E-state index contributed by atoms with van der Waals surface area (Å²) >= 11 is 0. The second kappa shape index (κ2) is 3.82. The molecule has 0 bridgehead atoms. The molecular formula is C6H11N3O2. The van der Waals surface area contributed by atoms with Gasteiger partial charge in [0.05, 0.1) is 12.8 Å². The number of nitrogens with two attached hydrogens (primary N) is 1. The lowest BCUT2D eigenvalue weighted by Gasteiger charge is -2.03. The Bertz CT molecular complexity index is 211. The van der Waals surface area contributed by atoms with Crippen LogP contribution in [0, 0.1) is 0 Å². The predicted octanol–water partition coefficient (Wildman–Crippen LogP) is -0.378. The first-order valence-corrected chi connectivity index (χ1v) is 3.25. The molecule has 0 unspecified atom stereocenters. The number of nitrogens with zero attached hydrogens (tertiary/aromatic N) is 2. The van der Waals surface area contributed by atoms with Crippen LogP contribution in [0.25, 0.3) is 0 Å². The van der Waals surface area contributed by atoms with Crippen LogP contribution in [0.4, 0.5) is 0 Å². The van der Waals surface area contributed by atoms with E-state index < -0.39 is 0 Å². The van der Waals surface area contributed by atoms with Crippen molar-refractivity contribution in [2.24, 2.45) is 0 Å². The number of hydrogen-bond acceptors (Lipinski definition) is 4. The summed E-state index contributed by atoms with van der Waals surface area (Å²) in [6.07, 6.45) is 1.57. The first kappa shape index (κ1) is 7.87. The summed E-state index contributed by atoms with van der Waals surface area (Å²) in [5.41, 5.74) is 0. The Kier molecular flexibility index (Phi) is 2.74. The number of rotatable bonds is 4. The van der Waals surface area contributed by atoms with Gasteiger partial charge in [0.2, 0.25) is 5.88 Å². The molecule has 1 rings (SSSR count). The van der Waals surface area contributed by atoms with Crippen LogP contribution < -0.4 is 10.6 Å². The molecular weight excluding hydrogens is 146 g/mol. The molecule has 0 aliphatic rings. The van der Waals surface area contributed by atoms with Gasteiger partial charge in [-0.25, -0.2) is 0 Å². The predicted molar refractivity (Wildman–Crippen MR) is 39.7 cm³/mol. The van der Waals surface area contributed by atoms with E-state index in [0.717, 1.165) is 0 Å². The normalized spacial score (nSPS) is 9.91. The van der Waals surface area contributed by atoms with Crippen LogP contribution in [0.1, 0.15) is 0 Å². The molecule has 0 aliphatic carbocycles. The molecule has 0 aromatic carbocycles. The van der Waals surface area contributed by atoms with Crippen molar-refractivity contribution in [1.82, 2.24) is 9.89 Å². The Morgan fingerprint density at radius 2 is 2.45 bits per heavy atom. The Hall–Kier alpha value is -1.23. The first-order chi connectivity index (χ1) is 5.34. The highest BCUT2D eigenvalue weighted by molar-refractivity contribution is 5.07. The minimum absolute atomic E-state index is 0.486. The van der Waals surface area contributed by atoms with E-state index in [1.54, 1.807) is 19.4 Å². The molecule has 0 radical (unpaired) electrons. The topological polar surface area (TPSA) is 62.3 Å². The van der Waals surface area contributed by atoms with Gasteiger partial charge in [0.25, 0.3) is 0 Å². The van der Waals surface area contributed by atoms with Gasteiger partial charge in [0.1, 0.15) is 6.61 Å². The zero-order chi connectivity index (χ0) is 8.10. The van der Waals surface area contributed by atoms with Crippen molar-refractivity contribution in [3.8, 4) is 5.88 Å². The quantitative estimate of drug-likeness (QED) is 0.478. The summed E-state index contributed by atoms with van der Waals surface area (Å²) in [7, 11) is 1.61. The Balaban J connectivity index is 2.32. The van der Waals surface area contributed by atoms with Crippen LogP contribution in [0.3, 0.4) is 0 Å². The highest BCUT2D eigenvalue weighted by Gasteiger charge is 1.97. The van der Waals surface area contributed by atoms with Gasteiger partial charge in [-0.2, -0.15) is 5.10 Å². The molecule has 1 heterocycles. The molecule has 1 aromatic heterocycles. The Morgan fingerprint density at radius 1 is 1.64 bits per heavy atom. The molecule has 0 fully saturated rings. The number of methoxy groups -OCH3 is 1. The second-order valence-electron chi connectivity index (χ2n) is 1.96. The largest absolute Gasteiger partial charge is 0.474 e. The van der Waals surface area contributed by atoms with E-state index in [0.29, 0.717) is 19.1 Å². The van der Waals surface area contributed by atoms with E-state index >= 15 is 0 Å². The number of ether oxygens (including phenoxy) is 2. The third kappa shape index (κ3) is 2.12. The van der Waals surface area contributed by atoms with Crippen molar-refractivity contribution >= 4 is 0 Å². The maximum atomic E-state index is 5.36. The Morgan fingerprint density at radius 3 is 3.00 bits per heavy atom. The van der Waals surface area contributed by atoms with Gasteiger partial charge in [0, 0.05) is 13.2 Å². The first-order valence-electron chi connectivity index (χ1n) is 3.25. The average molecular weight is 157 g/mol. The maximum Gasteiger partial charge on any atom is 0.231 e. The number of hydrogen-bond donors (Lipinski definition) is 1. The number of aromatic nitrogens is 2. The van der Waals surface area contributed by atoms with E-state index in [2.05, 4.69) is 5.10 Å². The molecule has 0 saturated carbocycles. The minimum Gasteiger partial charge on any atom is -0.474 e. The zero-order valence-corrected chi connectivity index (χ0v) is 6.36. The highest BCUT2D eigenvalue weighted by Crippen LogP contribution is 2.03. The van der Waals surface area contributed by atoms with Crippen molar-refractivity contribution in [2.75, 3.05) is 26.2 Å². The van der Waals surface area contributed by atoms with E-state index in [1.807, 2.05) is 0 Å². The van der Waals surface area contributed by atoms with Gasteiger partial charge < -0.3 is 15.3 Å². The summed E-state index contributed by atoms with van der Waals surface area (Å²) < 4.78 is 9.95. The lowest BCUT2D eigenvalue weighted by atomic mass is 10.7. The van der Waals surface area contributed by atoms with E-state index in [-0.39, 0.29) is 0 Å². The van der Waals surface area contributed by atoms with E-state index in [4.69, 9.17) is 15.3 Å². The summed E-state index contributed by atoms with van der Waals surface area (Å²) in [6, 6.07) is 1.69. The molecule has 62 valence electrons. The van der Waals surface area contributed by atoms with Crippen LogP contribution in [-0.4, -0.2) is 30.2 Å². The average Bonchev–Trinajstić information content (AvgIpc) is 2.37. The van der Waals surface area contributed by atoms with Crippen LogP contribution >= 0.6 is 0 Å². The lowest BCUT2D eigenvalue weighted by molar-refractivity contribution is 0.141. The van der Waals surface area contributed by atoms with Crippen LogP contribution in [0.15, 0.2) is 12.3 Å². The molecule has 0 spiro atoms. The third-order valence-corrected chi connectivity index (χ3v) is 1.17. The number of nitrogen functional groups attached to an aromatic ring is 1. The summed E-state index contributed by atoms with van der Waals surface area (Å²) in [5.74, 6) is 5.91. The van der Waals surface area contributed by atoms with Crippen LogP contribution in [0.2, 0.25) is 0 Å². The minimum atomic E-state index is 0.486. The smallest absolute Gasteiger partial charge is 0.231 e. The van der Waals surface area contributed by atoms with Gasteiger partial charge in [0.15, 0.2) is 0 Å². The van der Waals surface area contributed by atoms with Crippen molar-refractivity contribution in [1.29, 1.82) is 0 Å². The summed E-state index contributed by atoms with van der Waals surface area (Å²) in [4.78, 5) is 1.18. The molecule has 0 aliphatic heterocycles. The second-order valence-corrected chi connectivity index (χ2v) is 1.96. The molecule has 0 saturated heterocycles. The fourth-order valence-corrected chi connectivity index (χ4v) is 0.646. The molecule has 0 atom stereocenters. The standard InChI is InChI=1S/C6H11N3O2/c1-10-4-5-11-6-2-3-8-9(6)7/h2-3H,4-5,7H2,1H3. The van der Waals surface area contributed by atoms with Crippen LogP contribution in [-0.2, 0) is 4.74 Å². The highest BCUT2D eigenvalue weighted by atomic mass is 16.5. The van der Waals surface area contributed by atoms with Crippen LogP contribution in [0.5, 0.6) is 5.88 Å². The van der Waals surface area contributed by atoms with Gasteiger partial charge in [-0.1, -0.05) is 0 Å². The SMILES string of the molecule is COCCOc1ccnn1N. The fraction of sp³-hybridized carbons (Fsp3) is 0.500. The van der Waals surface area contributed by atoms with Gasteiger partial charge in [-0.3, -0.25) is 0 Å². The van der Waals surface area contributed by atoms with Crippen molar-refractivity contribution in [2.45, 2.75) is 0 Å². The molecule has 2 N–H and O–H groups in total. The zero-order valence-electron chi connectivity index (χ0n) is 6.36. The molecule has 0 amide bonds. The maximum absolute atomic E-state index is 5.36. The third-order valence-electron chi connectivity index (χ3n) is 1.17.